The molecule has 2 heterocycles. The molecular weight excluding hydrogens is 569 g/mol. The first-order chi connectivity index (χ1) is 20.7. The minimum atomic E-state index is -0.857. The molecule has 0 spiro atoms. The summed E-state index contributed by atoms with van der Waals surface area (Å²) in [5, 5.41) is 8.59. The Balaban J connectivity index is 1.32. The molecule has 1 aliphatic carbocycles. The van der Waals surface area contributed by atoms with E-state index >= 15 is 0 Å². The molecule has 2 aromatic carbocycles. The first kappa shape index (κ1) is 30.6. The van der Waals surface area contributed by atoms with E-state index in [1.54, 1.807) is 23.1 Å². The number of hydrogen-bond donors (Lipinski definition) is 3. The lowest BCUT2D eigenvalue weighted by molar-refractivity contribution is -0.118. The number of aromatic nitrogens is 1. The van der Waals surface area contributed by atoms with Gasteiger partial charge in [0, 0.05) is 49.9 Å². The Bertz CT molecular complexity index is 1560. The van der Waals surface area contributed by atoms with Crippen LogP contribution in [0.3, 0.4) is 0 Å². The molecule has 2 atom stereocenters. The van der Waals surface area contributed by atoms with Crippen LogP contribution in [0.5, 0.6) is 5.75 Å². The van der Waals surface area contributed by atoms with E-state index in [1.807, 2.05) is 44.2 Å². The molecule has 2 aliphatic rings. The summed E-state index contributed by atoms with van der Waals surface area (Å²) in [6.45, 7) is 3.60. The Hall–Kier alpha value is -3.82. The van der Waals surface area contributed by atoms with E-state index in [1.165, 1.54) is 12.1 Å². The Morgan fingerprint density at radius 2 is 1.84 bits per heavy atom. The first-order valence-electron chi connectivity index (χ1n) is 14.8. The number of urea groups is 1. The zero-order valence-corrected chi connectivity index (χ0v) is 25.6. The number of aromatic amines is 1. The van der Waals surface area contributed by atoms with Crippen molar-refractivity contribution in [1.29, 1.82) is 0 Å². The third-order valence-electron chi connectivity index (χ3n) is 8.03. The van der Waals surface area contributed by atoms with Gasteiger partial charge in [-0.15, -0.1) is 0 Å². The van der Waals surface area contributed by atoms with Crippen molar-refractivity contribution in [1.82, 2.24) is 20.1 Å². The molecule has 1 aromatic heterocycles. The third-order valence-corrected chi connectivity index (χ3v) is 8.36. The van der Waals surface area contributed by atoms with E-state index < -0.39 is 6.04 Å². The fourth-order valence-electron chi connectivity index (χ4n) is 5.74. The van der Waals surface area contributed by atoms with Gasteiger partial charge in [0.25, 0.3) is 0 Å². The predicted molar refractivity (Wildman–Crippen MR) is 168 cm³/mol. The van der Waals surface area contributed by atoms with Crippen LogP contribution in [0.4, 0.5) is 14.9 Å². The van der Waals surface area contributed by atoms with Gasteiger partial charge in [0.2, 0.25) is 5.91 Å². The number of fused-ring (bicyclic) bond motifs is 1. The molecule has 3 aromatic rings. The van der Waals surface area contributed by atoms with Gasteiger partial charge in [0.15, 0.2) is 0 Å². The molecular formula is C33H39ClFN5O3. The van der Waals surface area contributed by atoms with Crippen molar-refractivity contribution < 1.29 is 18.7 Å². The second-order valence-corrected chi connectivity index (χ2v) is 12.0. The van der Waals surface area contributed by atoms with Gasteiger partial charge in [-0.2, -0.15) is 0 Å². The highest BCUT2D eigenvalue weighted by Gasteiger charge is 2.33. The summed E-state index contributed by atoms with van der Waals surface area (Å²) in [4.78, 5) is 34.6. The van der Waals surface area contributed by atoms with Crippen molar-refractivity contribution in [3.05, 3.63) is 81.2 Å². The molecule has 1 fully saturated rings. The van der Waals surface area contributed by atoms with E-state index in [9.17, 15) is 14.0 Å². The second kappa shape index (κ2) is 13.7. The topological polar surface area (TPSA) is 89.7 Å². The summed E-state index contributed by atoms with van der Waals surface area (Å²) in [6.07, 6.45) is 9.34. The molecule has 3 amide bonds. The van der Waals surface area contributed by atoms with Gasteiger partial charge in [-0.05, 0) is 79.7 Å². The van der Waals surface area contributed by atoms with Gasteiger partial charge in [-0.1, -0.05) is 36.7 Å². The average molecular weight is 608 g/mol. The number of hydrogen-bond acceptors (Lipinski definition) is 4. The molecule has 228 valence electrons. The van der Waals surface area contributed by atoms with Crippen LogP contribution in [0.15, 0.2) is 48.7 Å². The number of H-pyrrole nitrogens is 1. The van der Waals surface area contributed by atoms with Gasteiger partial charge in [-0.25, -0.2) is 9.18 Å². The van der Waals surface area contributed by atoms with Crippen LogP contribution in [-0.2, 0) is 11.3 Å². The highest BCUT2D eigenvalue weighted by molar-refractivity contribution is 6.33. The highest BCUT2D eigenvalue weighted by atomic mass is 35.5. The summed E-state index contributed by atoms with van der Waals surface area (Å²) in [7, 11) is 3.95. The number of piperidine rings is 1. The van der Waals surface area contributed by atoms with Crippen molar-refractivity contribution in [2.45, 2.75) is 57.2 Å². The maximum atomic E-state index is 13.9. The summed E-state index contributed by atoms with van der Waals surface area (Å²) in [6, 6.07) is 10.4. The lowest BCUT2D eigenvalue weighted by Gasteiger charge is -2.34. The number of halogens is 2. The molecule has 1 saturated heterocycles. The maximum absolute atomic E-state index is 13.9. The van der Waals surface area contributed by atoms with Crippen LogP contribution in [0.2, 0.25) is 5.02 Å². The van der Waals surface area contributed by atoms with Crippen molar-refractivity contribution in [3.8, 4) is 5.75 Å². The van der Waals surface area contributed by atoms with E-state index in [0.717, 1.165) is 34.5 Å². The number of amides is 3. The standard InChI is InChI=1S/C33H39ClFN5O3/c1-21(27-19-36-29-7-5-4-6-26(27)29)31(32(41)37-30-18-22(20-39(2)3)8-13-28(30)34)38-33(42)40-16-14-25(15-17-40)43-24-11-9-23(35)10-12-24/h6-13,18-19,21,25,31,36H,4-5,14-17,20H2,1-3H3,(H,37,41)(H,38,42)/t21-,31+/m0/s1. The van der Waals surface area contributed by atoms with Crippen molar-refractivity contribution in [2.24, 2.45) is 0 Å². The number of rotatable bonds is 9. The van der Waals surface area contributed by atoms with Crippen molar-refractivity contribution in [3.63, 3.8) is 0 Å². The van der Waals surface area contributed by atoms with Crippen LogP contribution in [0.1, 0.15) is 49.7 Å². The zero-order valence-electron chi connectivity index (χ0n) is 24.8. The molecule has 0 unspecified atom stereocenters. The zero-order chi connectivity index (χ0) is 30.5. The largest absolute Gasteiger partial charge is 0.490 e. The van der Waals surface area contributed by atoms with Gasteiger partial charge in [0.1, 0.15) is 23.7 Å². The van der Waals surface area contributed by atoms with E-state index in [2.05, 4.69) is 27.8 Å². The Morgan fingerprint density at radius 1 is 1.12 bits per heavy atom. The molecule has 3 N–H and O–H groups in total. The SMILES string of the molecule is C[C@@H](c1c[nH]c2c1=CCCC=2)[C@@H](NC(=O)N1CCC(Oc2ccc(F)cc2)CC1)C(=O)Nc1cc(CN(C)C)ccc1Cl. The molecule has 0 bridgehead atoms. The smallest absolute Gasteiger partial charge is 0.318 e. The number of ether oxygens (including phenoxy) is 1. The van der Waals surface area contributed by atoms with Crippen LogP contribution >= 0.6 is 11.6 Å². The minimum Gasteiger partial charge on any atom is -0.490 e. The Morgan fingerprint density at radius 3 is 2.56 bits per heavy atom. The maximum Gasteiger partial charge on any atom is 0.318 e. The second-order valence-electron chi connectivity index (χ2n) is 11.6. The van der Waals surface area contributed by atoms with Gasteiger partial charge >= 0.3 is 6.03 Å². The van der Waals surface area contributed by atoms with Gasteiger partial charge in [0.05, 0.1) is 10.7 Å². The lowest BCUT2D eigenvalue weighted by Crippen LogP contribution is -2.54. The molecule has 8 nitrogen and oxygen atoms in total. The first-order valence-corrected chi connectivity index (χ1v) is 15.1. The molecule has 10 heteroatoms. The minimum absolute atomic E-state index is 0.0812. The number of carbonyl (C=O) groups is 2. The summed E-state index contributed by atoms with van der Waals surface area (Å²) >= 11 is 6.49. The third kappa shape index (κ3) is 7.58. The van der Waals surface area contributed by atoms with Crippen LogP contribution in [0.25, 0.3) is 12.2 Å². The lowest BCUT2D eigenvalue weighted by atomic mass is 9.92. The molecule has 0 radical (unpaired) electrons. The fourth-order valence-corrected chi connectivity index (χ4v) is 5.91. The molecule has 1 aliphatic heterocycles. The summed E-state index contributed by atoms with van der Waals surface area (Å²) in [5.41, 5.74) is 2.49. The van der Waals surface area contributed by atoms with Crippen LogP contribution < -0.4 is 25.9 Å². The average Bonchev–Trinajstić information content (AvgIpc) is 3.43. The Kier molecular flexibility index (Phi) is 9.72. The van der Waals surface area contributed by atoms with Crippen LogP contribution in [0, 0.1) is 5.82 Å². The number of carbonyl (C=O) groups excluding carboxylic acids is 2. The Labute approximate surface area is 256 Å². The normalized spacial score (nSPS) is 16.5. The van der Waals surface area contributed by atoms with E-state index in [4.69, 9.17) is 16.3 Å². The van der Waals surface area contributed by atoms with Crippen molar-refractivity contribution >= 4 is 41.4 Å². The fraction of sp³-hybridized carbons (Fsp3) is 0.394. The number of nitrogens with zero attached hydrogens (tertiary/aromatic N) is 2. The quantitative estimate of drug-likeness (QED) is 0.332. The van der Waals surface area contributed by atoms with Crippen LogP contribution in [-0.4, -0.2) is 66.1 Å². The predicted octanol–water partition coefficient (Wildman–Crippen LogP) is 4.59. The van der Waals surface area contributed by atoms with Gasteiger partial charge in [-0.3, -0.25) is 4.79 Å². The monoisotopic (exact) mass is 607 g/mol. The number of anilines is 1. The molecule has 0 saturated carbocycles. The summed E-state index contributed by atoms with van der Waals surface area (Å²) in [5.74, 6) is -0.373. The molecule has 5 rings (SSSR count). The molecule has 43 heavy (non-hydrogen) atoms. The van der Waals surface area contributed by atoms with E-state index in [0.29, 0.717) is 48.9 Å². The van der Waals surface area contributed by atoms with Crippen molar-refractivity contribution in [2.75, 3.05) is 32.5 Å². The number of benzene rings is 2. The van der Waals surface area contributed by atoms with Gasteiger partial charge < -0.3 is 30.2 Å². The number of likely N-dealkylation sites (tertiary alicyclic amines) is 1. The van der Waals surface area contributed by atoms with E-state index in [-0.39, 0.29) is 29.8 Å². The number of nitrogens with one attached hydrogen (secondary N) is 3. The summed E-state index contributed by atoms with van der Waals surface area (Å²) < 4.78 is 19.2. The highest BCUT2D eigenvalue weighted by Crippen LogP contribution is 2.26.